The first kappa shape index (κ1) is 13.8. The molecule has 2 rings (SSSR count). The molecule has 1 unspecified atom stereocenters. The zero-order chi connectivity index (χ0) is 14.0. The summed E-state index contributed by atoms with van der Waals surface area (Å²) in [5, 5.41) is 12.6. The highest BCUT2D eigenvalue weighted by Crippen LogP contribution is 2.19. The van der Waals surface area contributed by atoms with Gasteiger partial charge in [0.15, 0.2) is 0 Å². The fourth-order valence-corrected chi connectivity index (χ4v) is 2.24. The molecule has 102 valence electrons. The molecule has 19 heavy (non-hydrogen) atoms. The standard InChI is InChI=1S/C13H15ClN2O3/c1-8-2-3-9(6-10(8)14)12(17)16-5-4-15-7-11(16)13(18)19/h2-3,6,11,15H,4-5,7H2,1H3,(H,18,19). The molecule has 1 atom stereocenters. The molecule has 1 aromatic rings. The maximum atomic E-state index is 12.4. The van der Waals surface area contributed by atoms with E-state index in [-0.39, 0.29) is 12.5 Å². The van der Waals surface area contributed by atoms with Crippen molar-refractivity contribution in [3.05, 3.63) is 34.3 Å². The lowest BCUT2D eigenvalue weighted by Gasteiger charge is -2.33. The van der Waals surface area contributed by atoms with Gasteiger partial charge in [0.05, 0.1) is 0 Å². The predicted octanol–water partition coefficient (Wildman–Crippen LogP) is 1.15. The molecule has 0 bridgehead atoms. The molecule has 2 N–H and O–H groups in total. The Morgan fingerprint density at radius 3 is 2.84 bits per heavy atom. The molecule has 0 saturated carbocycles. The number of amides is 1. The number of nitrogens with one attached hydrogen (secondary N) is 1. The number of carboxylic acid groups (broad SMARTS) is 1. The van der Waals surface area contributed by atoms with Crippen molar-refractivity contribution >= 4 is 23.5 Å². The number of nitrogens with zero attached hydrogens (tertiary/aromatic N) is 1. The number of hydrogen-bond donors (Lipinski definition) is 2. The van der Waals surface area contributed by atoms with Crippen LogP contribution in [0.2, 0.25) is 5.02 Å². The summed E-state index contributed by atoms with van der Waals surface area (Å²) in [6.45, 7) is 3.08. The summed E-state index contributed by atoms with van der Waals surface area (Å²) in [5.74, 6) is -1.30. The Bertz CT molecular complexity index is 519. The van der Waals surface area contributed by atoms with Crippen molar-refractivity contribution in [3.8, 4) is 0 Å². The summed E-state index contributed by atoms with van der Waals surface area (Å²) in [6.07, 6.45) is 0. The van der Waals surface area contributed by atoms with Crippen molar-refractivity contribution in [2.45, 2.75) is 13.0 Å². The van der Waals surface area contributed by atoms with Gasteiger partial charge in [-0.3, -0.25) is 4.79 Å². The van der Waals surface area contributed by atoms with E-state index in [0.29, 0.717) is 23.7 Å². The van der Waals surface area contributed by atoms with Crippen molar-refractivity contribution in [3.63, 3.8) is 0 Å². The van der Waals surface area contributed by atoms with Crippen LogP contribution < -0.4 is 5.32 Å². The lowest BCUT2D eigenvalue weighted by atomic mass is 10.1. The molecule has 1 amide bonds. The number of carboxylic acids is 1. The van der Waals surface area contributed by atoms with Crippen molar-refractivity contribution in [1.82, 2.24) is 10.2 Å². The molecule has 0 spiro atoms. The number of benzene rings is 1. The van der Waals surface area contributed by atoms with Crippen LogP contribution in [0.1, 0.15) is 15.9 Å². The number of halogens is 1. The van der Waals surface area contributed by atoms with Gasteiger partial charge in [-0.05, 0) is 24.6 Å². The third-order valence-electron chi connectivity index (χ3n) is 3.21. The summed E-state index contributed by atoms with van der Waals surface area (Å²) in [6, 6.07) is 4.18. The SMILES string of the molecule is Cc1ccc(C(=O)N2CCNCC2C(=O)O)cc1Cl. The molecule has 6 heteroatoms. The first-order valence-corrected chi connectivity index (χ1v) is 6.39. The van der Waals surface area contributed by atoms with Crippen LogP contribution in [0.5, 0.6) is 0 Å². The minimum Gasteiger partial charge on any atom is -0.480 e. The summed E-state index contributed by atoms with van der Waals surface area (Å²) < 4.78 is 0. The molecule has 1 fully saturated rings. The van der Waals surface area contributed by atoms with Crippen molar-refractivity contribution in [1.29, 1.82) is 0 Å². The van der Waals surface area contributed by atoms with Gasteiger partial charge in [-0.15, -0.1) is 0 Å². The largest absolute Gasteiger partial charge is 0.480 e. The van der Waals surface area contributed by atoms with E-state index in [0.717, 1.165) is 5.56 Å². The Labute approximate surface area is 116 Å². The van der Waals surface area contributed by atoms with E-state index >= 15 is 0 Å². The fourth-order valence-electron chi connectivity index (χ4n) is 2.06. The molecule has 0 radical (unpaired) electrons. The van der Waals surface area contributed by atoms with Crippen LogP contribution in [0, 0.1) is 6.92 Å². The molecule has 1 aliphatic rings. The molecule has 1 heterocycles. The second kappa shape index (κ2) is 5.59. The molecule has 0 aromatic heterocycles. The summed E-state index contributed by atoms with van der Waals surface area (Å²) >= 11 is 6.00. The average molecular weight is 283 g/mol. The maximum absolute atomic E-state index is 12.4. The number of rotatable bonds is 2. The van der Waals surface area contributed by atoms with Crippen LogP contribution in [0.15, 0.2) is 18.2 Å². The Morgan fingerprint density at radius 2 is 2.21 bits per heavy atom. The van der Waals surface area contributed by atoms with Crippen molar-refractivity contribution in [2.75, 3.05) is 19.6 Å². The maximum Gasteiger partial charge on any atom is 0.327 e. The number of hydrogen-bond acceptors (Lipinski definition) is 3. The average Bonchev–Trinajstić information content (AvgIpc) is 2.41. The van der Waals surface area contributed by atoms with E-state index in [2.05, 4.69) is 5.32 Å². The van der Waals surface area contributed by atoms with Gasteiger partial charge in [-0.25, -0.2) is 4.79 Å². The smallest absolute Gasteiger partial charge is 0.327 e. The van der Waals surface area contributed by atoms with E-state index in [9.17, 15) is 9.59 Å². The van der Waals surface area contributed by atoms with E-state index in [1.807, 2.05) is 6.92 Å². The van der Waals surface area contributed by atoms with Crippen LogP contribution in [0.25, 0.3) is 0 Å². The minimum absolute atomic E-state index is 0.265. The van der Waals surface area contributed by atoms with Gasteiger partial charge in [0.2, 0.25) is 0 Å². The fraction of sp³-hybridized carbons (Fsp3) is 0.385. The van der Waals surface area contributed by atoms with Gasteiger partial charge < -0.3 is 15.3 Å². The Balaban J connectivity index is 2.26. The van der Waals surface area contributed by atoms with Crippen LogP contribution in [0.4, 0.5) is 0 Å². The highest BCUT2D eigenvalue weighted by atomic mass is 35.5. The van der Waals surface area contributed by atoms with Gasteiger partial charge in [0, 0.05) is 30.2 Å². The monoisotopic (exact) mass is 282 g/mol. The van der Waals surface area contributed by atoms with E-state index < -0.39 is 12.0 Å². The van der Waals surface area contributed by atoms with Crippen LogP contribution in [-0.4, -0.2) is 47.6 Å². The van der Waals surface area contributed by atoms with Crippen LogP contribution in [-0.2, 0) is 4.79 Å². The lowest BCUT2D eigenvalue weighted by Crippen LogP contribution is -2.56. The lowest BCUT2D eigenvalue weighted by molar-refractivity contribution is -0.142. The summed E-state index contributed by atoms with van der Waals surface area (Å²) in [7, 11) is 0. The summed E-state index contributed by atoms with van der Waals surface area (Å²) in [4.78, 5) is 24.9. The second-order valence-electron chi connectivity index (χ2n) is 4.52. The van der Waals surface area contributed by atoms with Gasteiger partial charge >= 0.3 is 5.97 Å². The normalized spacial score (nSPS) is 19.3. The highest BCUT2D eigenvalue weighted by molar-refractivity contribution is 6.31. The van der Waals surface area contributed by atoms with Gasteiger partial charge in [0.25, 0.3) is 5.91 Å². The van der Waals surface area contributed by atoms with Gasteiger partial charge in [0.1, 0.15) is 6.04 Å². The van der Waals surface area contributed by atoms with E-state index in [4.69, 9.17) is 16.7 Å². The number of carbonyl (C=O) groups excluding carboxylic acids is 1. The quantitative estimate of drug-likeness (QED) is 0.854. The molecule has 1 aromatic carbocycles. The second-order valence-corrected chi connectivity index (χ2v) is 4.93. The first-order valence-electron chi connectivity index (χ1n) is 6.01. The number of aryl methyl sites for hydroxylation is 1. The zero-order valence-corrected chi connectivity index (χ0v) is 11.3. The predicted molar refractivity (Wildman–Crippen MR) is 71.5 cm³/mol. The highest BCUT2D eigenvalue weighted by Gasteiger charge is 2.32. The van der Waals surface area contributed by atoms with Gasteiger partial charge in [-0.1, -0.05) is 17.7 Å². The molecule has 1 saturated heterocycles. The number of carbonyl (C=O) groups is 2. The number of aliphatic carboxylic acids is 1. The topological polar surface area (TPSA) is 69.6 Å². The van der Waals surface area contributed by atoms with Crippen molar-refractivity contribution < 1.29 is 14.7 Å². The van der Waals surface area contributed by atoms with E-state index in [1.54, 1.807) is 18.2 Å². The van der Waals surface area contributed by atoms with Crippen LogP contribution in [0.3, 0.4) is 0 Å². The Kier molecular flexibility index (Phi) is 4.07. The molecule has 5 nitrogen and oxygen atoms in total. The molecule has 1 aliphatic heterocycles. The van der Waals surface area contributed by atoms with Crippen LogP contribution >= 0.6 is 11.6 Å². The van der Waals surface area contributed by atoms with E-state index in [1.165, 1.54) is 4.90 Å². The Hall–Kier alpha value is -1.59. The van der Waals surface area contributed by atoms with Gasteiger partial charge in [-0.2, -0.15) is 0 Å². The zero-order valence-electron chi connectivity index (χ0n) is 10.5. The molecular formula is C13H15ClN2O3. The molecular weight excluding hydrogens is 268 g/mol. The first-order chi connectivity index (χ1) is 9.00. The third-order valence-corrected chi connectivity index (χ3v) is 3.62. The Morgan fingerprint density at radius 1 is 1.47 bits per heavy atom. The number of piperazine rings is 1. The molecule has 0 aliphatic carbocycles. The minimum atomic E-state index is -1.00. The third kappa shape index (κ3) is 2.88. The summed E-state index contributed by atoms with van der Waals surface area (Å²) in [5.41, 5.74) is 1.30. The van der Waals surface area contributed by atoms with Crippen molar-refractivity contribution in [2.24, 2.45) is 0 Å².